The van der Waals surface area contributed by atoms with Gasteiger partial charge in [-0.05, 0) is 49.4 Å². The third kappa shape index (κ3) is 4.13. The minimum Gasteiger partial charge on any atom is -0.441 e. The van der Waals surface area contributed by atoms with E-state index in [0.29, 0.717) is 0 Å². The molecule has 6 aliphatic rings. The molecule has 0 aromatic carbocycles. The summed E-state index contributed by atoms with van der Waals surface area (Å²) in [6.07, 6.45) is 0.634. The lowest BCUT2D eigenvalue weighted by Gasteiger charge is -2.60. The Morgan fingerprint density at radius 3 is 1.23 bits per heavy atom. The fourth-order valence-corrected chi connectivity index (χ4v) is 8.23. The molecular weight excluding hydrogens is 580 g/mol. The van der Waals surface area contributed by atoms with Crippen LogP contribution in [-0.2, 0) is 38.2 Å². The number of ether oxygens (including phenoxy) is 2. The van der Waals surface area contributed by atoms with Crippen LogP contribution in [0.25, 0.3) is 0 Å². The van der Waals surface area contributed by atoms with Gasteiger partial charge in [0.15, 0.2) is 24.7 Å². The highest BCUT2D eigenvalue weighted by Crippen LogP contribution is 2.68. The number of amides is 4. The lowest BCUT2D eigenvalue weighted by Crippen LogP contribution is -2.63. The van der Waals surface area contributed by atoms with Crippen LogP contribution in [0.3, 0.4) is 0 Å². The fourth-order valence-electron chi connectivity index (χ4n) is 8.23. The average Bonchev–Trinajstić information content (AvgIpc) is 3.31. The molecule has 0 radical (unpaired) electrons. The van der Waals surface area contributed by atoms with Gasteiger partial charge in [0, 0.05) is 0 Å². The van der Waals surface area contributed by atoms with Crippen LogP contribution in [0.2, 0.25) is 0 Å². The molecule has 0 spiro atoms. The third-order valence-corrected chi connectivity index (χ3v) is 10.9. The third-order valence-electron chi connectivity index (χ3n) is 10.9. The molecule has 0 unspecified atom stereocenters. The molecule has 4 N–H and O–H groups in total. The summed E-state index contributed by atoms with van der Waals surface area (Å²) in [5.41, 5.74) is -4.50. The molecule has 2 saturated carbocycles. The largest absolute Gasteiger partial charge is 0.441 e. The maximum Gasteiger partial charge on any atom is 0.342 e. The van der Waals surface area contributed by atoms with Gasteiger partial charge in [0.1, 0.15) is 0 Å². The van der Waals surface area contributed by atoms with Gasteiger partial charge in [-0.15, -0.1) is 0 Å². The zero-order valence-corrected chi connectivity index (χ0v) is 25.4. The van der Waals surface area contributed by atoms with E-state index in [9.17, 15) is 49.2 Å². The molecule has 2 saturated heterocycles. The molecule has 0 aromatic heterocycles. The van der Waals surface area contributed by atoms with E-state index in [1.54, 1.807) is 12.2 Å². The van der Waals surface area contributed by atoms with Crippen molar-refractivity contribution < 1.29 is 58.7 Å². The van der Waals surface area contributed by atoms with E-state index in [1.165, 1.54) is 41.5 Å². The lowest BCUT2D eigenvalue weighted by atomic mass is 9.40. The summed E-state index contributed by atoms with van der Waals surface area (Å²) in [6.45, 7) is 7.02. The second-order valence-electron chi connectivity index (χ2n) is 13.4. The highest BCUT2D eigenvalue weighted by atomic mass is 16.6. The Bertz CT molecular complexity index is 1250. The number of hydrogen-bond acceptors (Lipinski definition) is 12. The first kappa shape index (κ1) is 32.2. The van der Waals surface area contributed by atoms with Crippen LogP contribution in [0, 0.1) is 59.2 Å². The van der Waals surface area contributed by atoms with Crippen LogP contribution in [-0.4, -0.2) is 103 Å². The first-order chi connectivity index (χ1) is 20.4. The second-order valence-corrected chi connectivity index (χ2v) is 13.4. The number of aliphatic hydroxyl groups excluding tert-OH is 2. The van der Waals surface area contributed by atoms with Crippen LogP contribution in [0.1, 0.15) is 41.5 Å². The molecule has 4 fully saturated rings. The van der Waals surface area contributed by atoms with E-state index in [4.69, 9.17) is 9.47 Å². The first-order valence-electron chi connectivity index (χ1n) is 15.0. The number of rotatable bonds is 10. The van der Waals surface area contributed by atoms with Gasteiger partial charge >= 0.3 is 11.9 Å². The summed E-state index contributed by atoms with van der Waals surface area (Å²) in [7, 11) is 0. The molecule has 14 heteroatoms. The number of nitrogens with zero attached hydrogens (tertiary/aromatic N) is 2. The average molecular weight is 621 g/mol. The van der Waals surface area contributed by atoms with Gasteiger partial charge in [-0.1, -0.05) is 39.8 Å². The number of carbonyl (C=O) groups excluding carboxylic acids is 6. The van der Waals surface area contributed by atoms with Crippen LogP contribution < -0.4 is 0 Å². The van der Waals surface area contributed by atoms with Crippen molar-refractivity contribution in [1.82, 2.24) is 9.80 Å². The second kappa shape index (κ2) is 10.7. The number of carbonyl (C=O) groups is 6. The Balaban J connectivity index is 1.30. The van der Waals surface area contributed by atoms with Crippen molar-refractivity contribution in [3.8, 4) is 0 Å². The van der Waals surface area contributed by atoms with E-state index in [0.717, 1.165) is 9.80 Å². The Labute approximate surface area is 253 Å². The monoisotopic (exact) mass is 620 g/mol. The van der Waals surface area contributed by atoms with E-state index in [1.807, 2.05) is 0 Å². The number of likely N-dealkylation sites (tertiary alicyclic amines) is 2. The van der Waals surface area contributed by atoms with Crippen LogP contribution in [0.15, 0.2) is 12.2 Å². The molecule has 0 aromatic rings. The minimum absolute atomic E-state index is 0.418. The molecule has 2 aliphatic heterocycles. The summed E-state index contributed by atoms with van der Waals surface area (Å²) in [5.74, 6) is -11.3. The van der Waals surface area contributed by atoms with Gasteiger partial charge in [-0.3, -0.25) is 19.2 Å². The van der Waals surface area contributed by atoms with Gasteiger partial charge in [0.05, 0.1) is 35.9 Å². The maximum absolute atomic E-state index is 13.5. The quantitative estimate of drug-likeness (QED) is 0.129. The van der Waals surface area contributed by atoms with Crippen molar-refractivity contribution in [2.75, 3.05) is 13.5 Å². The van der Waals surface area contributed by atoms with Gasteiger partial charge in [0.2, 0.25) is 23.6 Å². The zero-order valence-electron chi connectivity index (χ0n) is 25.4. The highest BCUT2D eigenvalue weighted by molar-refractivity contribution is 6.09. The topological polar surface area (TPSA) is 208 Å². The summed E-state index contributed by atoms with van der Waals surface area (Å²) < 4.78 is 10.3. The first-order valence-corrected chi connectivity index (χ1v) is 15.0. The summed E-state index contributed by atoms with van der Waals surface area (Å²) in [5, 5.41) is 41.3. The fraction of sp³-hybridized carbons (Fsp3) is 0.733. The summed E-state index contributed by atoms with van der Waals surface area (Å²) in [4.78, 5) is 81.0. The Hall–Kier alpha value is -3.20. The van der Waals surface area contributed by atoms with Gasteiger partial charge in [-0.25, -0.2) is 19.4 Å². The smallest absolute Gasteiger partial charge is 0.342 e. The van der Waals surface area contributed by atoms with Crippen molar-refractivity contribution in [2.45, 2.75) is 65.0 Å². The van der Waals surface area contributed by atoms with Crippen LogP contribution in [0.4, 0.5) is 0 Å². The van der Waals surface area contributed by atoms with Crippen molar-refractivity contribution in [3.05, 3.63) is 12.2 Å². The minimum atomic E-state index is -2.25. The highest BCUT2D eigenvalue weighted by Gasteiger charge is 2.75. The predicted octanol–water partition coefficient (Wildman–Crippen LogP) is -1.21. The molecule has 6 rings (SSSR count). The lowest BCUT2D eigenvalue weighted by molar-refractivity contribution is -0.190. The normalized spacial score (nSPS) is 36.0. The van der Waals surface area contributed by atoms with E-state index < -0.39 is 132 Å². The molecule has 12 atom stereocenters. The van der Waals surface area contributed by atoms with Gasteiger partial charge < -0.3 is 29.9 Å². The SMILES string of the molecule is CC(C)[C@](O)(C(=O)OCN1C(=O)[C@@H]2[C@@H]3C=C[C@@H]([C@@H]2C1=O)[C@H]1[C@H]2C(=O)N(COC(=O)[C@@](O)(C(C)C)[C@@H](C)O)C(=O)[C@@H]2[C@H]31)[C@@H](C)O. The predicted molar refractivity (Wildman–Crippen MR) is 146 cm³/mol. The Kier molecular flexibility index (Phi) is 7.84. The Morgan fingerprint density at radius 2 is 0.955 bits per heavy atom. The maximum atomic E-state index is 13.5. The summed E-state index contributed by atoms with van der Waals surface area (Å²) in [6, 6.07) is 0. The standard InChI is InChI=1S/C30H40N2O12/c1-11(2)29(41,13(5)33)27(39)43-9-31-23(35)19-15-7-8-16(20(19)24(31)36)18-17(15)21-22(18)26(38)32(25(21)37)10-44-28(40)30(42,12(3)4)14(6)34/h7-8,11-22,33-34,41-42H,9-10H2,1-6H3/t13-,14-,15-,16-,17-,18-,19-,20+,21-,22-,29-,30-/m1/s1. The number of allylic oxidation sites excluding steroid dienone is 2. The number of hydrogen-bond donors (Lipinski definition) is 4. The summed E-state index contributed by atoms with van der Waals surface area (Å²) >= 11 is 0. The molecule has 4 amide bonds. The molecule has 44 heavy (non-hydrogen) atoms. The molecule has 242 valence electrons. The van der Waals surface area contributed by atoms with Gasteiger partial charge in [-0.2, -0.15) is 0 Å². The van der Waals surface area contributed by atoms with Crippen molar-refractivity contribution in [1.29, 1.82) is 0 Å². The molecule has 2 bridgehead atoms. The number of fused-ring (bicyclic) bond motifs is 1. The molecule has 2 heterocycles. The number of imide groups is 2. The van der Waals surface area contributed by atoms with Crippen molar-refractivity contribution in [3.63, 3.8) is 0 Å². The van der Waals surface area contributed by atoms with Gasteiger partial charge in [0.25, 0.3) is 0 Å². The molecule has 14 nitrogen and oxygen atoms in total. The van der Waals surface area contributed by atoms with Crippen molar-refractivity contribution in [2.24, 2.45) is 59.2 Å². The van der Waals surface area contributed by atoms with E-state index >= 15 is 0 Å². The van der Waals surface area contributed by atoms with Crippen LogP contribution in [0.5, 0.6) is 0 Å². The number of aliphatic hydroxyl groups is 4. The molecular formula is C30H40N2O12. The Morgan fingerprint density at radius 1 is 0.659 bits per heavy atom. The van der Waals surface area contributed by atoms with E-state index in [2.05, 4.69) is 0 Å². The van der Waals surface area contributed by atoms with E-state index in [-0.39, 0.29) is 0 Å². The zero-order chi connectivity index (χ0) is 32.8. The van der Waals surface area contributed by atoms with Crippen molar-refractivity contribution >= 4 is 35.6 Å². The molecule has 4 aliphatic carbocycles. The number of esters is 2. The van der Waals surface area contributed by atoms with Crippen LogP contribution >= 0.6 is 0 Å².